The number of carbonyl (C=O) groups excluding carboxylic acids is 2. The van der Waals surface area contributed by atoms with Crippen LogP contribution in [-0.2, 0) is 9.59 Å². The second-order valence-corrected chi connectivity index (χ2v) is 8.76. The van der Waals surface area contributed by atoms with Crippen LogP contribution in [0.4, 0.5) is 15.8 Å². The average molecular weight is 476 g/mol. The second kappa shape index (κ2) is 11.1. The topological polar surface area (TPSA) is 77.6 Å². The van der Waals surface area contributed by atoms with Crippen molar-refractivity contribution in [1.29, 1.82) is 0 Å². The van der Waals surface area contributed by atoms with E-state index in [0.717, 1.165) is 48.6 Å². The first-order chi connectivity index (χ1) is 16.9. The van der Waals surface area contributed by atoms with Crippen LogP contribution in [0, 0.1) is 19.7 Å². The van der Waals surface area contributed by atoms with Gasteiger partial charge in [0.2, 0.25) is 0 Å². The normalized spacial score (nSPS) is 14.9. The van der Waals surface area contributed by atoms with E-state index >= 15 is 0 Å². The number of aryl methyl sites for hydroxylation is 2. The molecule has 1 aliphatic rings. The Morgan fingerprint density at radius 2 is 1.71 bits per heavy atom. The summed E-state index contributed by atoms with van der Waals surface area (Å²) in [4.78, 5) is 33.8. The minimum Gasteiger partial charge on any atom is -0.369 e. The Hall–Kier alpha value is -3.78. The zero-order valence-electron chi connectivity index (χ0n) is 20.0. The van der Waals surface area contributed by atoms with Crippen molar-refractivity contribution < 1.29 is 14.0 Å². The molecule has 0 bridgehead atoms. The molecule has 2 amide bonds. The highest BCUT2D eigenvalue weighted by atomic mass is 19.1. The van der Waals surface area contributed by atoms with Crippen molar-refractivity contribution in [3.63, 3.8) is 0 Å². The summed E-state index contributed by atoms with van der Waals surface area (Å²) >= 11 is 0. The molecule has 0 spiro atoms. The van der Waals surface area contributed by atoms with Crippen LogP contribution < -0.4 is 15.5 Å². The molecule has 1 aliphatic heterocycles. The van der Waals surface area contributed by atoms with E-state index in [1.54, 1.807) is 30.6 Å². The van der Waals surface area contributed by atoms with Gasteiger partial charge in [0.15, 0.2) is 0 Å². The van der Waals surface area contributed by atoms with Crippen molar-refractivity contribution in [3.05, 3.63) is 89.5 Å². The van der Waals surface area contributed by atoms with Gasteiger partial charge in [0, 0.05) is 56.5 Å². The fourth-order valence-electron chi connectivity index (χ4n) is 4.25. The van der Waals surface area contributed by atoms with E-state index in [1.165, 1.54) is 12.1 Å². The molecule has 0 radical (unpaired) electrons. The molecule has 3 aromatic rings. The third-order valence-corrected chi connectivity index (χ3v) is 6.44. The molecule has 1 atom stereocenters. The second-order valence-electron chi connectivity index (χ2n) is 8.76. The van der Waals surface area contributed by atoms with Gasteiger partial charge in [-0.25, -0.2) is 4.39 Å². The van der Waals surface area contributed by atoms with Crippen molar-refractivity contribution >= 4 is 23.2 Å². The van der Waals surface area contributed by atoms with E-state index in [0.29, 0.717) is 5.69 Å². The Morgan fingerprint density at radius 3 is 2.37 bits per heavy atom. The predicted octanol–water partition coefficient (Wildman–Crippen LogP) is 3.46. The summed E-state index contributed by atoms with van der Waals surface area (Å²) in [5, 5.41) is 5.47. The van der Waals surface area contributed by atoms with Crippen molar-refractivity contribution in [1.82, 2.24) is 15.2 Å². The van der Waals surface area contributed by atoms with Gasteiger partial charge in [0.1, 0.15) is 5.82 Å². The smallest absolute Gasteiger partial charge is 0.313 e. The highest BCUT2D eigenvalue weighted by molar-refractivity contribution is 6.39. The Kier molecular flexibility index (Phi) is 7.72. The van der Waals surface area contributed by atoms with E-state index in [4.69, 9.17) is 0 Å². The maximum absolute atomic E-state index is 13.3. The lowest BCUT2D eigenvalue weighted by atomic mass is 10.1. The molecule has 35 heavy (non-hydrogen) atoms. The number of nitrogens with one attached hydrogen (secondary N) is 2. The molecule has 1 saturated heterocycles. The Bertz CT molecular complexity index is 1160. The van der Waals surface area contributed by atoms with Gasteiger partial charge < -0.3 is 15.5 Å². The molecule has 4 rings (SSSR count). The number of anilines is 2. The molecule has 7 nitrogen and oxygen atoms in total. The Balaban J connectivity index is 1.38. The summed E-state index contributed by atoms with van der Waals surface area (Å²) in [6.07, 6.45) is 3.50. The first-order valence-electron chi connectivity index (χ1n) is 11.7. The zero-order valence-corrected chi connectivity index (χ0v) is 20.0. The van der Waals surface area contributed by atoms with E-state index in [-0.39, 0.29) is 18.4 Å². The van der Waals surface area contributed by atoms with E-state index < -0.39 is 11.8 Å². The first-order valence-corrected chi connectivity index (χ1v) is 11.7. The largest absolute Gasteiger partial charge is 0.369 e. The summed E-state index contributed by atoms with van der Waals surface area (Å²) in [5.74, 6) is -1.62. The van der Waals surface area contributed by atoms with E-state index in [9.17, 15) is 14.0 Å². The molecule has 0 saturated carbocycles. The number of hydrogen-bond acceptors (Lipinski definition) is 5. The van der Waals surface area contributed by atoms with Crippen LogP contribution in [0.5, 0.6) is 0 Å². The molecule has 1 fully saturated rings. The molecule has 0 aliphatic carbocycles. The SMILES string of the molecule is Cc1ccc(NC(=O)C(=O)NCC(c2cccnc2)N2CCN(c3ccc(F)cc3)CC2)cc1C. The van der Waals surface area contributed by atoms with Gasteiger partial charge in [-0.15, -0.1) is 0 Å². The summed E-state index contributed by atoms with van der Waals surface area (Å²) in [6.45, 7) is 7.27. The van der Waals surface area contributed by atoms with Gasteiger partial charge in [-0.1, -0.05) is 12.1 Å². The summed E-state index contributed by atoms with van der Waals surface area (Å²) in [7, 11) is 0. The van der Waals surface area contributed by atoms with E-state index in [1.807, 2.05) is 38.1 Å². The predicted molar refractivity (Wildman–Crippen MR) is 135 cm³/mol. The zero-order chi connectivity index (χ0) is 24.8. The number of piperazine rings is 1. The van der Waals surface area contributed by atoms with Crippen molar-refractivity contribution in [2.24, 2.45) is 0 Å². The lowest BCUT2D eigenvalue weighted by Gasteiger charge is -2.40. The molecule has 2 N–H and O–H groups in total. The summed E-state index contributed by atoms with van der Waals surface area (Å²) in [6, 6.07) is 15.8. The lowest BCUT2D eigenvalue weighted by Crippen LogP contribution is -2.50. The number of aromatic nitrogens is 1. The van der Waals surface area contributed by atoms with Crippen LogP contribution in [0.2, 0.25) is 0 Å². The van der Waals surface area contributed by atoms with Crippen LogP contribution >= 0.6 is 0 Å². The van der Waals surface area contributed by atoms with Gasteiger partial charge in [0.05, 0.1) is 6.04 Å². The summed E-state index contributed by atoms with van der Waals surface area (Å²) < 4.78 is 13.3. The van der Waals surface area contributed by atoms with Gasteiger partial charge in [0.25, 0.3) is 0 Å². The van der Waals surface area contributed by atoms with Crippen LogP contribution in [0.15, 0.2) is 67.0 Å². The Labute approximate surface area is 205 Å². The van der Waals surface area contributed by atoms with Gasteiger partial charge in [-0.2, -0.15) is 0 Å². The minimum atomic E-state index is -0.695. The number of rotatable bonds is 6. The molecule has 2 aromatic carbocycles. The van der Waals surface area contributed by atoms with Crippen LogP contribution in [0.25, 0.3) is 0 Å². The number of amides is 2. The maximum Gasteiger partial charge on any atom is 0.313 e. The molecule has 1 aromatic heterocycles. The quantitative estimate of drug-likeness (QED) is 0.534. The number of nitrogens with zero attached hydrogens (tertiary/aromatic N) is 3. The average Bonchev–Trinajstić information content (AvgIpc) is 2.88. The number of halogens is 1. The van der Waals surface area contributed by atoms with Gasteiger partial charge in [-0.05, 0) is 73.0 Å². The van der Waals surface area contributed by atoms with Crippen molar-refractivity contribution in [2.75, 3.05) is 42.9 Å². The van der Waals surface area contributed by atoms with Crippen LogP contribution in [0.3, 0.4) is 0 Å². The molecular weight excluding hydrogens is 445 g/mol. The van der Waals surface area contributed by atoms with Crippen LogP contribution in [-0.4, -0.2) is 54.4 Å². The highest BCUT2D eigenvalue weighted by Gasteiger charge is 2.27. The fourth-order valence-corrected chi connectivity index (χ4v) is 4.25. The first kappa shape index (κ1) is 24.3. The molecule has 2 heterocycles. The summed E-state index contributed by atoms with van der Waals surface area (Å²) in [5.41, 5.74) is 4.71. The monoisotopic (exact) mass is 475 g/mol. The minimum absolute atomic E-state index is 0.127. The fraction of sp³-hybridized carbons (Fsp3) is 0.296. The lowest BCUT2D eigenvalue weighted by molar-refractivity contribution is -0.136. The standard InChI is InChI=1S/C27H30FN5O2/c1-19-5-8-23(16-20(19)2)31-27(35)26(34)30-18-25(21-4-3-11-29-17-21)33-14-12-32(13-15-33)24-9-6-22(28)7-10-24/h3-11,16-17,25H,12-15,18H2,1-2H3,(H,30,34)(H,31,35). The van der Waals surface area contributed by atoms with Crippen molar-refractivity contribution in [3.8, 4) is 0 Å². The van der Waals surface area contributed by atoms with Gasteiger partial charge >= 0.3 is 11.8 Å². The Morgan fingerprint density at radius 1 is 0.971 bits per heavy atom. The van der Waals surface area contributed by atoms with Crippen LogP contribution in [0.1, 0.15) is 22.7 Å². The third kappa shape index (κ3) is 6.22. The maximum atomic E-state index is 13.3. The molecule has 8 heteroatoms. The highest BCUT2D eigenvalue weighted by Crippen LogP contribution is 2.24. The number of hydrogen-bond donors (Lipinski definition) is 2. The number of carbonyl (C=O) groups is 2. The van der Waals surface area contributed by atoms with E-state index in [2.05, 4.69) is 25.4 Å². The van der Waals surface area contributed by atoms with Gasteiger partial charge in [-0.3, -0.25) is 19.5 Å². The van der Waals surface area contributed by atoms with Crippen molar-refractivity contribution in [2.45, 2.75) is 19.9 Å². The third-order valence-electron chi connectivity index (χ3n) is 6.44. The molecule has 1 unspecified atom stereocenters. The molecular formula is C27H30FN5O2. The number of pyridine rings is 1. The number of benzene rings is 2. The molecule has 182 valence electrons.